The first kappa shape index (κ1) is 12.6. The first-order valence-corrected chi connectivity index (χ1v) is 6.59. The third-order valence-corrected chi connectivity index (χ3v) is 3.80. The van der Waals surface area contributed by atoms with Gasteiger partial charge in [-0.15, -0.1) is 0 Å². The lowest BCUT2D eigenvalue weighted by molar-refractivity contribution is 0.0920. The first-order chi connectivity index (χ1) is 9.63. The lowest BCUT2D eigenvalue weighted by Crippen LogP contribution is -2.45. The minimum atomic E-state index is -0.726. The van der Waals surface area contributed by atoms with Crippen LogP contribution in [-0.4, -0.2) is 21.6 Å². The number of nitrogens with zero attached hydrogens (tertiary/aromatic N) is 3. The Morgan fingerprint density at radius 3 is 2.95 bits per heavy atom. The Bertz CT molecular complexity index is 708. The van der Waals surface area contributed by atoms with E-state index in [0.29, 0.717) is 29.8 Å². The smallest absolute Gasteiger partial charge is 0.257 e. The molecule has 0 radical (unpaired) electrons. The molecule has 1 amide bonds. The van der Waals surface area contributed by atoms with Crippen molar-refractivity contribution in [2.45, 2.75) is 38.1 Å². The fourth-order valence-corrected chi connectivity index (χ4v) is 2.60. The molecule has 0 bridgehead atoms. The van der Waals surface area contributed by atoms with Gasteiger partial charge in [0.05, 0.1) is 22.7 Å². The van der Waals surface area contributed by atoms with E-state index >= 15 is 0 Å². The van der Waals surface area contributed by atoms with E-state index in [2.05, 4.69) is 21.5 Å². The van der Waals surface area contributed by atoms with Crippen LogP contribution in [0.3, 0.4) is 0 Å². The average molecular weight is 270 g/mol. The third-order valence-electron chi connectivity index (χ3n) is 3.80. The molecular formula is C14H14N4O2. The molecule has 0 unspecified atom stereocenters. The summed E-state index contributed by atoms with van der Waals surface area (Å²) in [5.74, 6) is -0.275. The maximum absolute atomic E-state index is 12.3. The van der Waals surface area contributed by atoms with Gasteiger partial charge in [0.15, 0.2) is 0 Å². The minimum Gasteiger partial charge on any atom is -0.336 e. The molecule has 0 aromatic carbocycles. The van der Waals surface area contributed by atoms with E-state index in [1.54, 1.807) is 13.0 Å². The van der Waals surface area contributed by atoms with E-state index in [0.717, 1.165) is 18.2 Å². The van der Waals surface area contributed by atoms with Crippen molar-refractivity contribution in [1.29, 1.82) is 5.26 Å². The Morgan fingerprint density at radius 1 is 1.50 bits per heavy atom. The van der Waals surface area contributed by atoms with Crippen LogP contribution < -0.4 is 5.32 Å². The van der Waals surface area contributed by atoms with Crippen LogP contribution in [0.15, 0.2) is 16.8 Å². The van der Waals surface area contributed by atoms with Crippen LogP contribution in [0.2, 0.25) is 0 Å². The van der Waals surface area contributed by atoms with Gasteiger partial charge >= 0.3 is 0 Å². The Kier molecular flexibility index (Phi) is 2.90. The number of fused-ring (bicyclic) bond motifs is 1. The molecule has 2 aromatic heterocycles. The lowest BCUT2D eigenvalue weighted by Gasteiger charge is -2.21. The Morgan fingerprint density at radius 2 is 2.25 bits per heavy atom. The number of pyridine rings is 1. The minimum absolute atomic E-state index is 0.275. The summed E-state index contributed by atoms with van der Waals surface area (Å²) in [7, 11) is 0. The monoisotopic (exact) mass is 270 g/mol. The fraction of sp³-hybridized carbons (Fsp3) is 0.429. The van der Waals surface area contributed by atoms with Gasteiger partial charge in [0, 0.05) is 6.20 Å². The van der Waals surface area contributed by atoms with Gasteiger partial charge in [0.25, 0.3) is 11.6 Å². The second-order valence-corrected chi connectivity index (χ2v) is 5.20. The second-order valence-electron chi connectivity index (χ2n) is 5.20. The fourth-order valence-electron chi connectivity index (χ4n) is 2.60. The molecule has 6 nitrogen and oxygen atoms in total. The van der Waals surface area contributed by atoms with Gasteiger partial charge in [-0.2, -0.15) is 5.26 Å². The number of hydrogen-bond acceptors (Lipinski definition) is 5. The third kappa shape index (κ3) is 2.01. The molecule has 3 rings (SSSR count). The number of rotatable bonds is 2. The van der Waals surface area contributed by atoms with Gasteiger partial charge in [-0.3, -0.25) is 4.79 Å². The Labute approximate surface area is 115 Å². The molecule has 0 aliphatic heterocycles. The van der Waals surface area contributed by atoms with Gasteiger partial charge in [-0.1, -0.05) is 5.16 Å². The largest absolute Gasteiger partial charge is 0.336 e. The van der Waals surface area contributed by atoms with Crippen LogP contribution in [0.25, 0.3) is 11.1 Å². The van der Waals surface area contributed by atoms with E-state index < -0.39 is 5.54 Å². The molecule has 102 valence electrons. The van der Waals surface area contributed by atoms with Crippen molar-refractivity contribution in [3.8, 4) is 6.07 Å². The van der Waals surface area contributed by atoms with E-state index in [-0.39, 0.29) is 5.91 Å². The highest BCUT2D eigenvalue weighted by atomic mass is 16.5. The molecular weight excluding hydrogens is 256 g/mol. The average Bonchev–Trinajstić information content (AvgIpc) is 3.07. The van der Waals surface area contributed by atoms with Gasteiger partial charge in [0.1, 0.15) is 5.54 Å². The number of carbonyl (C=O) groups is 1. The van der Waals surface area contributed by atoms with E-state index in [1.165, 1.54) is 6.20 Å². The van der Waals surface area contributed by atoms with Gasteiger partial charge in [-0.25, -0.2) is 4.98 Å². The van der Waals surface area contributed by atoms with Gasteiger partial charge in [-0.05, 0) is 38.7 Å². The highest BCUT2D eigenvalue weighted by Gasteiger charge is 2.35. The maximum atomic E-state index is 12.3. The van der Waals surface area contributed by atoms with E-state index in [1.807, 2.05) is 0 Å². The number of hydrogen-bond donors (Lipinski definition) is 1. The molecule has 2 heterocycles. The lowest BCUT2D eigenvalue weighted by atomic mass is 9.99. The summed E-state index contributed by atoms with van der Waals surface area (Å²) in [4.78, 5) is 16.4. The van der Waals surface area contributed by atoms with Crippen LogP contribution in [0, 0.1) is 18.3 Å². The predicted molar refractivity (Wildman–Crippen MR) is 70.8 cm³/mol. The number of nitrogens with one attached hydrogen (secondary N) is 1. The van der Waals surface area contributed by atoms with Gasteiger partial charge < -0.3 is 9.84 Å². The zero-order chi connectivity index (χ0) is 14.2. The quantitative estimate of drug-likeness (QED) is 0.902. The zero-order valence-corrected chi connectivity index (χ0v) is 11.1. The first-order valence-electron chi connectivity index (χ1n) is 6.59. The number of aryl methyl sites for hydroxylation is 1. The summed E-state index contributed by atoms with van der Waals surface area (Å²) in [5, 5.41) is 16.7. The summed E-state index contributed by atoms with van der Waals surface area (Å²) < 4.78 is 5.01. The molecule has 20 heavy (non-hydrogen) atoms. The summed E-state index contributed by atoms with van der Waals surface area (Å²) >= 11 is 0. The molecule has 0 spiro atoms. The predicted octanol–water partition coefficient (Wildman–Crippen LogP) is 2.10. The van der Waals surface area contributed by atoms with Crippen LogP contribution in [0.5, 0.6) is 0 Å². The SMILES string of the molecule is Cc1noc2ncc(C(=O)NC3(C#N)CCCC3)cc12. The van der Waals surface area contributed by atoms with Crippen LogP contribution in [-0.2, 0) is 0 Å². The molecule has 1 aliphatic carbocycles. The van der Waals surface area contributed by atoms with Crippen LogP contribution >= 0.6 is 0 Å². The molecule has 1 fully saturated rings. The summed E-state index contributed by atoms with van der Waals surface area (Å²) in [6.45, 7) is 1.79. The van der Waals surface area contributed by atoms with Crippen LogP contribution in [0.4, 0.5) is 0 Å². The van der Waals surface area contributed by atoms with Crippen LogP contribution in [0.1, 0.15) is 41.7 Å². The maximum Gasteiger partial charge on any atom is 0.257 e. The second kappa shape index (κ2) is 4.60. The molecule has 0 atom stereocenters. The molecule has 1 N–H and O–H groups in total. The van der Waals surface area contributed by atoms with Crippen molar-refractivity contribution >= 4 is 17.0 Å². The van der Waals surface area contributed by atoms with Crippen molar-refractivity contribution in [3.05, 3.63) is 23.5 Å². The molecule has 0 saturated heterocycles. The highest BCUT2D eigenvalue weighted by Crippen LogP contribution is 2.29. The topological polar surface area (TPSA) is 91.8 Å². The number of aromatic nitrogens is 2. The number of carbonyl (C=O) groups excluding carboxylic acids is 1. The highest BCUT2D eigenvalue weighted by molar-refractivity contribution is 5.97. The van der Waals surface area contributed by atoms with Crippen molar-refractivity contribution in [3.63, 3.8) is 0 Å². The molecule has 2 aromatic rings. The zero-order valence-electron chi connectivity index (χ0n) is 11.1. The van der Waals surface area contributed by atoms with Gasteiger partial charge in [0.2, 0.25) is 0 Å². The number of nitriles is 1. The molecule has 1 aliphatic rings. The molecule has 1 saturated carbocycles. The summed E-state index contributed by atoms with van der Waals surface area (Å²) in [5.41, 5.74) is 0.800. The van der Waals surface area contributed by atoms with E-state index in [9.17, 15) is 10.1 Å². The number of amides is 1. The molecule has 6 heteroatoms. The van der Waals surface area contributed by atoms with Crippen molar-refractivity contribution in [1.82, 2.24) is 15.5 Å². The van der Waals surface area contributed by atoms with Crippen molar-refractivity contribution in [2.24, 2.45) is 0 Å². The van der Waals surface area contributed by atoms with Crippen molar-refractivity contribution in [2.75, 3.05) is 0 Å². The Hall–Kier alpha value is -2.42. The van der Waals surface area contributed by atoms with E-state index in [4.69, 9.17) is 4.52 Å². The summed E-state index contributed by atoms with van der Waals surface area (Å²) in [6.07, 6.45) is 4.79. The normalized spacial score (nSPS) is 17.0. The Balaban J connectivity index is 1.89. The standard InChI is InChI=1S/C14H14N4O2/c1-9-11-6-10(7-16-13(11)20-18-9)12(19)17-14(8-15)4-2-3-5-14/h6-7H,2-5H2,1H3,(H,17,19). The van der Waals surface area contributed by atoms with Crippen molar-refractivity contribution < 1.29 is 9.32 Å². The summed E-state index contributed by atoms with van der Waals surface area (Å²) in [6, 6.07) is 3.94.